The highest BCUT2D eigenvalue weighted by atomic mass is 35.5. The van der Waals surface area contributed by atoms with Gasteiger partial charge in [-0.1, -0.05) is 23.2 Å². The predicted octanol–water partition coefficient (Wildman–Crippen LogP) is 4.68. The highest BCUT2D eigenvalue weighted by Gasteiger charge is 2.12. The summed E-state index contributed by atoms with van der Waals surface area (Å²) < 4.78 is 0. The summed E-state index contributed by atoms with van der Waals surface area (Å²) in [4.78, 5) is 16.8. The van der Waals surface area contributed by atoms with Crippen LogP contribution in [-0.4, -0.2) is 10.9 Å². The summed E-state index contributed by atoms with van der Waals surface area (Å²) in [6.45, 7) is 1.88. The summed E-state index contributed by atoms with van der Waals surface area (Å²) >= 11 is 12.0. The molecular formula is C17H13Cl2N3O. The lowest BCUT2D eigenvalue weighted by Gasteiger charge is -2.09. The van der Waals surface area contributed by atoms with E-state index in [1.165, 1.54) is 6.07 Å². The van der Waals surface area contributed by atoms with Crippen molar-refractivity contribution in [1.82, 2.24) is 4.98 Å². The number of rotatable bonds is 2. The maximum atomic E-state index is 12.4. The molecular weight excluding hydrogens is 333 g/mol. The third-order valence-corrected chi connectivity index (χ3v) is 3.96. The van der Waals surface area contributed by atoms with Gasteiger partial charge in [0.1, 0.15) is 0 Å². The van der Waals surface area contributed by atoms with Gasteiger partial charge >= 0.3 is 0 Å². The molecule has 4 nitrogen and oxygen atoms in total. The second-order valence-electron chi connectivity index (χ2n) is 5.16. The van der Waals surface area contributed by atoms with E-state index in [1.807, 2.05) is 13.0 Å². The Morgan fingerprint density at radius 3 is 2.70 bits per heavy atom. The molecule has 1 amide bonds. The number of carbonyl (C=O) groups is 1. The van der Waals surface area contributed by atoms with E-state index in [4.69, 9.17) is 28.9 Å². The summed E-state index contributed by atoms with van der Waals surface area (Å²) in [7, 11) is 0. The van der Waals surface area contributed by atoms with Gasteiger partial charge in [0.2, 0.25) is 0 Å². The summed E-state index contributed by atoms with van der Waals surface area (Å²) in [5.41, 5.74) is 9.18. The van der Waals surface area contributed by atoms with E-state index in [1.54, 1.807) is 30.3 Å². The molecule has 2 aromatic carbocycles. The Morgan fingerprint density at radius 1 is 1.13 bits per heavy atom. The topological polar surface area (TPSA) is 68.0 Å². The molecule has 0 spiro atoms. The second kappa shape index (κ2) is 6.07. The zero-order valence-electron chi connectivity index (χ0n) is 12.2. The number of amides is 1. The van der Waals surface area contributed by atoms with Gasteiger partial charge in [0.25, 0.3) is 5.91 Å². The van der Waals surface area contributed by atoms with Crippen molar-refractivity contribution in [1.29, 1.82) is 0 Å². The molecule has 0 atom stereocenters. The number of nitrogens with zero attached hydrogens (tertiary/aromatic N) is 1. The monoisotopic (exact) mass is 345 g/mol. The lowest BCUT2D eigenvalue weighted by Crippen LogP contribution is -2.12. The van der Waals surface area contributed by atoms with Crippen LogP contribution in [0.15, 0.2) is 42.5 Å². The van der Waals surface area contributed by atoms with Crippen LogP contribution in [0.3, 0.4) is 0 Å². The number of hydrogen-bond acceptors (Lipinski definition) is 3. The largest absolute Gasteiger partial charge is 0.398 e. The van der Waals surface area contributed by atoms with E-state index in [0.29, 0.717) is 27.0 Å². The fourth-order valence-corrected chi connectivity index (χ4v) is 2.71. The molecule has 3 aromatic rings. The lowest BCUT2D eigenvalue weighted by atomic mass is 10.1. The van der Waals surface area contributed by atoms with Crippen LogP contribution in [-0.2, 0) is 0 Å². The fraction of sp³-hybridized carbons (Fsp3) is 0.0588. The van der Waals surface area contributed by atoms with E-state index >= 15 is 0 Å². The SMILES string of the molecule is Cc1cc(N)c2cc(NC(=O)c3cc(Cl)ccc3Cl)ccc2n1. The first kappa shape index (κ1) is 15.6. The zero-order valence-corrected chi connectivity index (χ0v) is 13.7. The number of anilines is 2. The van der Waals surface area contributed by atoms with Gasteiger partial charge in [0.15, 0.2) is 0 Å². The first-order chi connectivity index (χ1) is 10.9. The number of fused-ring (bicyclic) bond motifs is 1. The molecule has 1 aromatic heterocycles. The van der Waals surface area contributed by atoms with Crippen molar-refractivity contribution in [3.63, 3.8) is 0 Å². The van der Waals surface area contributed by atoms with Gasteiger partial charge in [-0.2, -0.15) is 0 Å². The standard InChI is InChI=1S/C17H13Cl2N3O/c1-9-6-15(20)13-8-11(3-5-16(13)21-9)22-17(23)12-7-10(18)2-4-14(12)19/h2-8H,1H3,(H2,20,21)(H,22,23). The van der Waals surface area contributed by atoms with Crippen LogP contribution in [0.1, 0.15) is 16.1 Å². The van der Waals surface area contributed by atoms with Crippen LogP contribution in [0.25, 0.3) is 10.9 Å². The van der Waals surface area contributed by atoms with Crippen molar-refractivity contribution >= 4 is 51.4 Å². The Labute approximate surface area is 143 Å². The molecule has 0 saturated heterocycles. The first-order valence-corrected chi connectivity index (χ1v) is 7.63. The molecule has 6 heteroatoms. The van der Waals surface area contributed by atoms with Crippen LogP contribution < -0.4 is 11.1 Å². The van der Waals surface area contributed by atoms with E-state index in [0.717, 1.165) is 16.6 Å². The summed E-state index contributed by atoms with van der Waals surface area (Å²) in [6, 6.07) is 11.9. The Hall–Kier alpha value is -2.30. The minimum absolute atomic E-state index is 0.314. The maximum Gasteiger partial charge on any atom is 0.257 e. The van der Waals surface area contributed by atoms with Crippen molar-refractivity contribution in [3.8, 4) is 0 Å². The number of nitrogens with one attached hydrogen (secondary N) is 1. The first-order valence-electron chi connectivity index (χ1n) is 6.87. The number of pyridine rings is 1. The van der Waals surface area contributed by atoms with Crippen molar-refractivity contribution in [2.24, 2.45) is 0 Å². The Bertz CT molecular complexity index is 925. The molecule has 0 bridgehead atoms. The number of carbonyl (C=O) groups excluding carboxylic acids is 1. The number of halogens is 2. The van der Waals surface area contributed by atoms with Crippen LogP contribution >= 0.6 is 23.2 Å². The number of hydrogen-bond donors (Lipinski definition) is 2. The molecule has 1 heterocycles. The van der Waals surface area contributed by atoms with Crippen LogP contribution in [0.2, 0.25) is 10.0 Å². The average molecular weight is 346 g/mol. The molecule has 116 valence electrons. The molecule has 23 heavy (non-hydrogen) atoms. The number of benzene rings is 2. The number of nitrogens with two attached hydrogens (primary N) is 1. The molecule has 0 radical (unpaired) electrons. The molecule has 0 fully saturated rings. The minimum Gasteiger partial charge on any atom is -0.398 e. The highest BCUT2D eigenvalue weighted by Crippen LogP contribution is 2.26. The molecule has 0 aliphatic carbocycles. The number of aryl methyl sites for hydroxylation is 1. The molecule has 0 saturated carbocycles. The van der Waals surface area contributed by atoms with Gasteiger partial charge in [-0.3, -0.25) is 9.78 Å². The Kier molecular flexibility index (Phi) is 4.11. The molecule has 0 aliphatic rings. The van der Waals surface area contributed by atoms with Crippen molar-refractivity contribution in [2.45, 2.75) is 6.92 Å². The second-order valence-corrected chi connectivity index (χ2v) is 6.01. The van der Waals surface area contributed by atoms with E-state index < -0.39 is 0 Å². The average Bonchev–Trinajstić information content (AvgIpc) is 2.50. The van der Waals surface area contributed by atoms with E-state index in [2.05, 4.69) is 10.3 Å². The molecule has 3 rings (SSSR count). The number of aromatic nitrogens is 1. The Balaban J connectivity index is 1.95. The smallest absolute Gasteiger partial charge is 0.257 e. The van der Waals surface area contributed by atoms with Crippen molar-refractivity contribution in [3.05, 3.63) is 63.8 Å². The van der Waals surface area contributed by atoms with Crippen LogP contribution in [0.4, 0.5) is 11.4 Å². The molecule has 3 N–H and O–H groups in total. The molecule has 0 aliphatic heterocycles. The zero-order chi connectivity index (χ0) is 16.6. The quantitative estimate of drug-likeness (QED) is 0.708. The Morgan fingerprint density at radius 2 is 1.91 bits per heavy atom. The summed E-state index contributed by atoms with van der Waals surface area (Å²) in [5.74, 6) is -0.338. The third-order valence-electron chi connectivity index (χ3n) is 3.40. The van der Waals surface area contributed by atoms with Gasteiger partial charge in [-0.05, 0) is 49.4 Å². The van der Waals surface area contributed by atoms with Gasteiger partial charge in [0.05, 0.1) is 16.1 Å². The van der Waals surface area contributed by atoms with Crippen LogP contribution in [0.5, 0.6) is 0 Å². The van der Waals surface area contributed by atoms with Gasteiger partial charge in [-0.25, -0.2) is 0 Å². The van der Waals surface area contributed by atoms with E-state index in [-0.39, 0.29) is 5.91 Å². The highest BCUT2D eigenvalue weighted by molar-refractivity contribution is 6.36. The summed E-state index contributed by atoms with van der Waals surface area (Å²) in [5, 5.41) is 4.36. The van der Waals surface area contributed by atoms with Gasteiger partial charge < -0.3 is 11.1 Å². The summed E-state index contributed by atoms with van der Waals surface area (Å²) in [6.07, 6.45) is 0. The number of nitrogen functional groups attached to an aromatic ring is 1. The fourth-order valence-electron chi connectivity index (χ4n) is 2.34. The normalized spacial score (nSPS) is 10.7. The lowest BCUT2D eigenvalue weighted by molar-refractivity contribution is 0.102. The minimum atomic E-state index is -0.338. The van der Waals surface area contributed by atoms with Gasteiger partial charge in [-0.15, -0.1) is 0 Å². The van der Waals surface area contributed by atoms with Crippen molar-refractivity contribution < 1.29 is 4.79 Å². The molecule has 0 unspecified atom stereocenters. The third kappa shape index (κ3) is 3.23. The van der Waals surface area contributed by atoms with Gasteiger partial charge in [0, 0.05) is 27.5 Å². The van der Waals surface area contributed by atoms with Crippen molar-refractivity contribution in [2.75, 3.05) is 11.1 Å². The van der Waals surface area contributed by atoms with Crippen LogP contribution in [0, 0.1) is 6.92 Å². The maximum absolute atomic E-state index is 12.4. The van der Waals surface area contributed by atoms with E-state index in [9.17, 15) is 4.79 Å². The predicted molar refractivity (Wildman–Crippen MR) is 95.3 cm³/mol.